The van der Waals surface area contributed by atoms with Crippen LogP contribution in [0.1, 0.15) is 6.42 Å². The first kappa shape index (κ1) is 12.2. The molecule has 0 radical (unpaired) electrons. The van der Waals surface area contributed by atoms with Crippen molar-refractivity contribution in [1.29, 1.82) is 0 Å². The van der Waals surface area contributed by atoms with E-state index in [1.54, 1.807) is 0 Å². The average molecular weight is 241 g/mol. The van der Waals surface area contributed by atoms with Crippen molar-refractivity contribution in [2.75, 3.05) is 19.3 Å². The van der Waals surface area contributed by atoms with E-state index in [-0.39, 0.29) is 19.5 Å². The van der Waals surface area contributed by atoms with E-state index in [2.05, 4.69) is 4.18 Å². The molecule has 0 aliphatic carbocycles. The molecular weight excluding hydrogens is 229 g/mol. The maximum Gasteiger partial charge on any atom is 0.407 e. The normalized spacial score (nSPS) is 27.7. The predicted octanol–water partition coefficient (Wildman–Crippen LogP) is 0.0530. The number of piperidine rings is 1. The van der Waals surface area contributed by atoms with Gasteiger partial charge < -0.3 is 10.0 Å². The number of halogens is 1. The van der Waals surface area contributed by atoms with Gasteiger partial charge in [-0.2, -0.15) is 8.42 Å². The van der Waals surface area contributed by atoms with Crippen LogP contribution in [-0.4, -0.2) is 56.1 Å². The second kappa shape index (κ2) is 4.31. The molecule has 1 fully saturated rings. The maximum absolute atomic E-state index is 13.3. The summed E-state index contributed by atoms with van der Waals surface area (Å²) in [5.74, 6) is 0. The molecule has 0 spiro atoms. The van der Waals surface area contributed by atoms with Gasteiger partial charge in [-0.15, -0.1) is 0 Å². The molecule has 1 unspecified atom stereocenters. The molecule has 0 saturated carbocycles. The van der Waals surface area contributed by atoms with Crippen LogP contribution in [0.5, 0.6) is 0 Å². The molecule has 1 aliphatic rings. The molecule has 0 aromatic rings. The number of carbonyl (C=O) groups is 1. The van der Waals surface area contributed by atoms with Crippen molar-refractivity contribution in [3.63, 3.8) is 0 Å². The van der Waals surface area contributed by atoms with E-state index in [4.69, 9.17) is 5.11 Å². The summed E-state index contributed by atoms with van der Waals surface area (Å²) < 4.78 is 39.3. The van der Waals surface area contributed by atoms with Crippen LogP contribution in [-0.2, 0) is 14.3 Å². The zero-order chi connectivity index (χ0) is 11.6. The topological polar surface area (TPSA) is 83.9 Å². The van der Waals surface area contributed by atoms with Crippen LogP contribution in [0.2, 0.25) is 0 Å². The summed E-state index contributed by atoms with van der Waals surface area (Å²) in [7, 11) is -3.70. The van der Waals surface area contributed by atoms with Gasteiger partial charge in [0, 0.05) is 6.54 Å². The van der Waals surface area contributed by atoms with Gasteiger partial charge in [-0.3, -0.25) is 4.18 Å². The third-order valence-corrected chi connectivity index (χ3v) is 2.65. The van der Waals surface area contributed by atoms with Gasteiger partial charge in [0.25, 0.3) is 10.1 Å². The summed E-state index contributed by atoms with van der Waals surface area (Å²) >= 11 is 0. The highest BCUT2D eigenvalue weighted by molar-refractivity contribution is 7.86. The second-order valence-corrected chi connectivity index (χ2v) is 4.97. The number of carboxylic acid groups (broad SMARTS) is 1. The Bertz CT molecular complexity index is 343. The Kier molecular flexibility index (Phi) is 3.50. The van der Waals surface area contributed by atoms with Gasteiger partial charge in [0.1, 0.15) is 12.3 Å². The van der Waals surface area contributed by atoms with Gasteiger partial charge in [0.2, 0.25) is 0 Å². The number of alkyl halides is 1. The van der Waals surface area contributed by atoms with Crippen LogP contribution in [0.3, 0.4) is 0 Å². The Hall–Kier alpha value is -0.890. The lowest BCUT2D eigenvalue weighted by molar-refractivity contribution is 0.0289. The van der Waals surface area contributed by atoms with Crippen molar-refractivity contribution in [2.45, 2.75) is 18.7 Å². The number of amides is 1. The number of rotatable bonds is 2. The van der Waals surface area contributed by atoms with Crippen molar-refractivity contribution in [3.8, 4) is 0 Å². The molecule has 15 heavy (non-hydrogen) atoms. The summed E-state index contributed by atoms with van der Waals surface area (Å²) in [6.45, 7) is -0.272. The fraction of sp³-hybridized carbons (Fsp3) is 0.857. The highest BCUT2D eigenvalue weighted by Crippen LogP contribution is 2.18. The van der Waals surface area contributed by atoms with E-state index >= 15 is 0 Å². The Labute approximate surface area is 86.8 Å². The molecule has 88 valence electrons. The van der Waals surface area contributed by atoms with Crippen molar-refractivity contribution in [3.05, 3.63) is 0 Å². The quantitative estimate of drug-likeness (QED) is 0.691. The number of likely N-dealkylation sites (tertiary alicyclic amines) is 1. The largest absolute Gasteiger partial charge is 0.465 e. The van der Waals surface area contributed by atoms with Crippen molar-refractivity contribution in [2.24, 2.45) is 0 Å². The van der Waals surface area contributed by atoms with Crippen LogP contribution in [0.25, 0.3) is 0 Å². The minimum atomic E-state index is -3.70. The minimum Gasteiger partial charge on any atom is -0.465 e. The van der Waals surface area contributed by atoms with Gasteiger partial charge >= 0.3 is 6.09 Å². The van der Waals surface area contributed by atoms with E-state index in [9.17, 15) is 17.6 Å². The molecule has 1 amide bonds. The predicted molar refractivity (Wildman–Crippen MR) is 48.8 cm³/mol. The van der Waals surface area contributed by atoms with Gasteiger partial charge in [-0.1, -0.05) is 0 Å². The Morgan fingerprint density at radius 2 is 2.20 bits per heavy atom. The first-order chi connectivity index (χ1) is 6.79. The number of hydrogen-bond acceptors (Lipinski definition) is 4. The van der Waals surface area contributed by atoms with Crippen LogP contribution < -0.4 is 0 Å². The molecule has 1 saturated heterocycles. The highest BCUT2D eigenvalue weighted by Gasteiger charge is 2.34. The van der Waals surface area contributed by atoms with Crippen LogP contribution in [0.15, 0.2) is 0 Å². The van der Waals surface area contributed by atoms with E-state index in [1.807, 2.05) is 0 Å². The lowest BCUT2D eigenvalue weighted by atomic mass is 10.1. The van der Waals surface area contributed by atoms with Crippen LogP contribution >= 0.6 is 0 Å². The summed E-state index contributed by atoms with van der Waals surface area (Å²) in [4.78, 5) is 11.4. The molecule has 2 atom stereocenters. The Balaban J connectivity index is 2.57. The monoisotopic (exact) mass is 241 g/mol. The fourth-order valence-electron chi connectivity index (χ4n) is 1.39. The average Bonchev–Trinajstić information content (AvgIpc) is 2.05. The zero-order valence-electron chi connectivity index (χ0n) is 8.09. The zero-order valence-corrected chi connectivity index (χ0v) is 8.91. The van der Waals surface area contributed by atoms with Gasteiger partial charge in [0.05, 0.1) is 12.8 Å². The molecule has 0 aromatic carbocycles. The first-order valence-electron chi connectivity index (χ1n) is 4.30. The molecule has 6 nitrogen and oxygen atoms in total. The van der Waals surface area contributed by atoms with E-state index < -0.39 is 28.5 Å². The molecule has 8 heteroatoms. The SMILES string of the molecule is CS(=O)(=O)OC1CCN(C(=O)O)C[C@@H]1F. The van der Waals surface area contributed by atoms with E-state index in [1.165, 1.54) is 0 Å². The first-order valence-corrected chi connectivity index (χ1v) is 6.11. The molecule has 1 aliphatic heterocycles. The lowest BCUT2D eigenvalue weighted by Gasteiger charge is -2.31. The number of hydrogen-bond donors (Lipinski definition) is 1. The third kappa shape index (κ3) is 3.63. The van der Waals surface area contributed by atoms with Crippen molar-refractivity contribution >= 4 is 16.2 Å². The van der Waals surface area contributed by atoms with E-state index in [0.29, 0.717) is 0 Å². The molecule has 0 aromatic heterocycles. The van der Waals surface area contributed by atoms with Gasteiger partial charge in [-0.25, -0.2) is 9.18 Å². The molecule has 1 heterocycles. The van der Waals surface area contributed by atoms with Crippen LogP contribution in [0.4, 0.5) is 9.18 Å². The van der Waals surface area contributed by atoms with Gasteiger partial charge in [0.15, 0.2) is 0 Å². The van der Waals surface area contributed by atoms with Gasteiger partial charge in [-0.05, 0) is 6.42 Å². The lowest BCUT2D eigenvalue weighted by Crippen LogP contribution is -2.48. The van der Waals surface area contributed by atoms with E-state index in [0.717, 1.165) is 11.2 Å². The molecule has 0 bridgehead atoms. The second-order valence-electron chi connectivity index (χ2n) is 3.37. The fourth-order valence-corrected chi connectivity index (χ4v) is 2.06. The summed E-state index contributed by atoms with van der Waals surface area (Å²) in [5.41, 5.74) is 0. The minimum absolute atomic E-state index is 0.0422. The molecular formula is C7H12FNO5S. The Morgan fingerprint density at radius 3 is 2.60 bits per heavy atom. The molecule has 1 rings (SSSR count). The highest BCUT2D eigenvalue weighted by atomic mass is 32.2. The van der Waals surface area contributed by atoms with Crippen molar-refractivity contribution in [1.82, 2.24) is 4.90 Å². The summed E-state index contributed by atoms with van der Waals surface area (Å²) in [6, 6.07) is 0. The summed E-state index contributed by atoms with van der Waals surface area (Å²) in [6.07, 6.45) is -3.01. The Morgan fingerprint density at radius 1 is 1.60 bits per heavy atom. The van der Waals surface area contributed by atoms with Crippen LogP contribution in [0, 0.1) is 0 Å². The van der Waals surface area contributed by atoms with Crippen molar-refractivity contribution < 1.29 is 26.9 Å². The maximum atomic E-state index is 13.3. The third-order valence-electron chi connectivity index (χ3n) is 2.05. The smallest absolute Gasteiger partial charge is 0.407 e. The number of nitrogens with zero attached hydrogens (tertiary/aromatic N) is 1. The summed E-state index contributed by atoms with van der Waals surface area (Å²) in [5, 5.41) is 8.58. The molecule has 1 N–H and O–H groups in total. The standard InChI is InChI=1S/C7H12FNO5S/c1-15(12,13)14-6-2-3-9(7(10)11)4-5(6)8/h5-6H,2-4H2,1H3,(H,10,11)/t5-,6?/m0/s1.